The molecule has 1 aromatic rings. The van der Waals surface area contributed by atoms with Gasteiger partial charge in [0, 0.05) is 17.6 Å². The number of hydrogen-bond acceptors (Lipinski definition) is 4. The summed E-state index contributed by atoms with van der Waals surface area (Å²) in [4.78, 5) is 4.09. The summed E-state index contributed by atoms with van der Waals surface area (Å²) in [6.07, 6.45) is 1.93. The maximum Gasteiger partial charge on any atom is 0.150 e. The Morgan fingerprint density at radius 2 is 2.12 bits per heavy atom. The molecule has 96 valence electrons. The largest absolute Gasteiger partial charge is 0.388 e. The van der Waals surface area contributed by atoms with Crippen molar-refractivity contribution in [2.45, 2.75) is 32.8 Å². The minimum absolute atomic E-state index is 0.139. The molecule has 1 N–H and O–H groups in total. The van der Waals surface area contributed by atoms with E-state index in [9.17, 15) is 13.5 Å². The molecule has 0 radical (unpaired) electrons. The number of pyridine rings is 1. The molecule has 1 rings (SSSR count). The molecule has 0 aliphatic heterocycles. The number of hydrogen-bond donors (Lipinski definition) is 1. The molecule has 0 aromatic carbocycles. The van der Waals surface area contributed by atoms with Crippen LogP contribution in [0.2, 0.25) is 0 Å². The minimum atomic E-state index is -2.93. The van der Waals surface area contributed by atoms with Crippen LogP contribution in [-0.4, -0.2) is 30.0 Å². The van der Waals surface area contributed by atoms with Gasteiger partial charge in [-0.2, -0.15) is 0 Å². The highest BCUT2D eigenvalue weighted by atomic mass is 32.2. The summed E-state index contributed by atoms with van der Waals surface area (Å²) in [5, 5.41) is 9.85. The van der Waals surface area contributed by atoms with E-state index in [1.54, 1.807) is 13.1 Å². The molecule has 0 saturated heterocycles. The van der Waals surface area contributed by atoms with E-state index in [1.807, 2.05) is 19.1 Å². The zero-order valence-electron chi connectivity index (χ0n) is 10.3. The number of nitrogens with zero attached hydrogens (tertiary/aromatic N) is 1. The molecule has 5 heteroatoms. The zero-order chi connectivity index (χ0) is 12.9. The van der Waals surface area contributed by atoms with Gasteiger partial charge in [-0.25, -0.2) is 8.42 Å². The van der Waals surface area contributed by atoms with Gasteiger partial charge in [-0.3, -0.25) is 4.98 Å². The average Bonchev–Trinajstić information content (AvgIpc) is 2.29. The highest BCUT2D eigenvalue weighted by molar-refractivity contribution is 7.91. The van der Waals surface area contributed by atoms with Crippen LogP contribution in [0.5, 0.6) is 0 Å². The normalized spacial score (nSPS) is 13.6. The summed E-state index contributed by atoms with van der Waals surface area (Å²) in [6.45, 7) is 3.51. The Balaban J connectivity index is 2.45. The van der Waals surface area contributed by atoms with E-state index in [0.717, 1.165) is 11.3 Å². The van der Waals surface area contributed by atoms with Crippen molar-refractivity contribution >= 4 is 9.84 Å². The van der Waals surface area contributed by atoms with Crippen LogP contribution in [0.15, 0.2) is 18.3 Å². The summed E-state index contributed by atoms with van der Waals surface area (Å²) >= 11 is 0. The number of rotatable bonds is 6. The van der Waals surface area contributed by atoms with Crippen LogP contribution in [0.1, 0.15) is 37.1 Å². The van der Waals surface area contributed by atoms with Crippen molar-refractivity contribution in [3.8, 4) is 0 Å². The first kappa shape index (κ1) is 14.1. The van der Waals surface area contributed by atoms with Crippen LogP contribution in [0.25, 0.3) is 0 Å². The number of aliphatic hydroxyl groups excluding tert-OH is 1. The number of aromatic nitrogens is 1. The van der Waals surface area contributed by atoms with Gasteiger partial charge in [0.2, 0.25) is 0 Å². The first-order valence-corrected chi connectivity index (χ1v) is 7.58. The summed E-state index contributed by atoms with van der Waals surface area (Å²) in [6, 6.07) is 3.66. The lowest BCUT2D eigenvalue weighted by atomic mass is 10.1. The molecule has 0 amide bonds. The van der Waals surface area contributed by atoms with E-state index in [4.69, 9.17) is 0 Å². The monoisotopic (exact) mass is 257 g/mol. The van der Waals surface area contributed by atoms with Gasteiger partial charge in [-0.05, 0) is 31.4 Å². The van der Waals surface area contributed by atoms with Gasteiger partial charge in [0.25, 0.3) is 0 Å². The number of sulfone groups is 1. The van der Waals surface area contributed by atoms with Gasteiger partial charge in [0.1, 0.15) is 9.84 Å². The Hall–Kier alpha value is -0.940. The van der Waals surface area contributed by atoms with E-state index in [-0.39, 0.29) is 11.5 Å². The third kappa shape index (κ3) is 4.83. The summed E-state index contributed by atoms with van der Waals surface area (Å²) < 4.78 is 22.5. The summed E-state index contributed by atoms with van der Waals surface area (Å²) in [5.41, 5.74) is 1.64. The van der Waals surface area contributed by atoms with Crippen molar-refractivity contribution in [2.24, 2.45) is 0 Å². The summed E-state index contributed by atoms with van der Waals surface area (Å²) in [5.74, 6) is 0.301. The van der Waals surface area contributed by atoms with E-state index in [1.165, 1.54) is 0 Å². The van der Waals surface area contributed by atoms with Gasteiger partial charge < -0.3 is 5.11 Å². The Labute approximate surface area is 103 Å². The van der Waals surface area contributed by atoms with Crippen molar-refractivity contribution in [2.75, 3.05) is 11.5 Å². The topological polar surface area (TPSA) is 67.3 Å². The maximum atomic E-state index is 11.3. The smallest absolute Gasteiger partial charge is 0.150 e. The molecular formula is C12H19NO3S. The van der Waals surface area contributed by atoms with Crippen molar-refractivity contribution in [3.63, 3.8) is 0 Å². The molecule has 1 unspecified atom stereocenters. The molecule has 0 saturated carbocycles. The highest BCUT2D eigenvalue weighted by Crippen LogP contribution is 2.17. The van der Waals surface area contributed by atoms with E-state index in [2.05, 4.69) is 4.98 Å². The fourth-order valence-corrected chi connectivity index (χ4v) is 2.38. The molecular weight excluding hydrogens is 238 g/mol. The van der Waals surface area contributed by atoms with Crippen LogP contribution in [0, 0.1) is 6.92 Å². The van der Waals surface area contributed by atoms with Crippen LogP contribution >= 0.6 is 0 Å². The Morgan fingerprint density at radius 3 is 2.65 bits per heavy atom. The number of aliphatic hydroxyl groups is 1. The molecule has 1 atom stereocenters. The molecule has 0 aliphatic carbocycles. The molecule has 1 heterocycles. The lowest BCUT2D eigenvalue weighted by Gasteiger charge is -2.10. The fourth-order valence-electron chi connectivity index (χ4n) is 1.48. The van der Waals surface area contributed by atoms with Gasteiger partial charge in [0.15, 0.2) is 0 Å². The molecule has 0 aliphatic rings. The quantitative estimate of drug-likeness (QED) is 0.841. The maximum absolute atomic E-state index is 11.3. The second-order valence-corrected chi connectivity index (χ2v) is 6.60. The minimum Gasteiger partial charge on any atom is -0.388 e. The molecule has 4 nitrogen and oxygen atoms in total. The third-order valence-electron chi connectivity index (χ3n) is 2.69. The average molecular weight is 257 g/mol. The van der Waals surface area contributed by atoms with E-state index >= 15 is 0 Å². The van der Waals surface area contributed by atoms with Crippen molar-refractivity contribution < 1.29 is 13.5 Å². The van der Waals surface area contributed by atoms with Crippen molar-refractivity contribution in [3.05, 3.63) is 29.6 Å². The SMILES string of the molecule is CCS(=O)(=O)CCCC(O)c1ccc(C)nc1. The second kappa shape index (κ2) is 6.12. The Morgan fingerprint density at radius 1 is 1.41 bits per heavy atom. The fraction of sp³-hybridized carbons (Fsp3) is 0.583. The van der Waals surface area contributed by atoms with Crippen LogP contribution in [0.3, 0.4) is 0 Å². The highest BCUT2D eigenvalue weighted by Gasteiger charge is 2.11. The predicted octanol–water partition coefficient (Wildman–Crippen LogP) is 1.64. The Bertz CT molecular complexity index is 439. The first-order valence-electron chi connectivity index (χ1n) is 5.75. The second-order valence-electron chi connectivity index (χ2n) is 4.13. The first-order chi connectivity index (χ1) is 7.94. The van der Waals surface area contributed by atoms with Gasteiger partial charge in [-0.1, -0.05) is 13.0 Å². The van der Waals surface area contributed by atoms with Crippen LogP contribution in [-0.2, 0) is 9.84 Å². The summed E-state index contributed by atoms with van der Waals surface area (Å²) in [7, 11) is -2.93. The van der Waals surface area contributed by atoms with Crippen LogP contribution in [0.4, 0.5) is 0 Å². The molecule has 0 spiro atoms. The lowest BCUT2D eigenvalue weighted by molar-refractivity contribution is 0.166. The molecule has 17 heavy (non-hydrogen) atoms. The lowest BCUT2D eigenvalue weighted by Crippen LogP contribution is -2.10. The predicted molar refractivity (Wildman–Crippen MR) is 67.5 cm³/mol. The van der Waals surface area contributed by atoms with Crippen molar-refractivity contribution in [1.82, 2.24) is 4.98 Å². The Kier molecular flexibility index (Phi) is 5.08. The van der Waals surface area contributed by atoms with Crippen molar-refractivity contribution in [1.29, 1.82) is 0 Å². The molecule has 0 fully saturated rings. The molecule has 1 aromatic heterocycles. The zero-order valence-corrected chi connectivity index (χ0v) is 11.1. The number of aryl methyl sites for hydroxylation is 1. The standard InChI is InChI=1S/C12H19NO3S/c1-3-17(15,16)8-4-5-12(14)11-7-6-10(2)13-9-11/h6-7,9,12,14H,3-5,8H2,1-2H3. The van der Waals surface area contributed by atoms with Gasteiger partial charge in [-0.15, -0.1) is 0 Å². The molecule has 0 bridgehead atoms. The van der Waals surface area contributed by atoms with E-state index in [0.29, 0.717) is 12.8 Å². The van der Waals surface area contributed by atoms with Crippen LogP contribution < -0.4 is 0 Å². The third-order valence-corrected chi connectivity index (χ3v) is 4.48. The van der Waals surface area contributed by atoms with E-state index < -0.39 is 15.9 Å². The van der Waals surface area contributed by atoms with Gasteiger partial charge >= 0.3 is 0 Å². The van der Waals surface area contributed by atoms with Gasteiger partial charge in [0.05, 0.1) is 11.9 Å².